The average Bonchev–Trinajstić information content (AvgIpc) is 2.41. The Morgan fingerprint density at radius 1 is 1.06 bits per heavy atom. The van der Waals surface area contributed by atoms with Gasteiger partial charge in [0, 0.05) is 45.8 Å². The van der Waals surface area contributed by atoms with Gasteiger partial charge in [-0.25, -0.2) is 0 Å². The number of hydrogen-bond acceptors (Lipinski definition) is 4. The van der Waals surface area contributed by atoms with Crippen LogP contribution in [0.2, 0.25) is 0 Å². The summed E-state index contributed by atoms with van der Waals surface area (Å²) >= 11 is 0. The van der Waals surface area contributed by atoms with Crippen LogP contribution in [0.1, 0.15) is 20.8 Å². The molecule has 1 fully saturated rings. The van der Waals surface area contributed by atoms with Crippen LogP contribution in [0.3, 0.4) is 0 Å². The second-order valence-electron chi connectivity index (χ2n) is 5.51. The average molecular weight is 256 g/mol. The summed E-state index contributed by atoms with van der Waals surface area (Å²) in [6, 6.07) is 0. The van der Waals surface area contributed by atoms with E-state index >= 15 is 0 Å². The van der Waals surface area contributed by atoms with Crippen molar-refractivity contribution in [2.75, 3.05) is 65.4 Å². The molecular weight excluding hydrogens is 224 g/mol. The number of rotatable bonds is 8. The summed E-state index contributed by atoms with van der Waals surface area (Å²) in [5.74, 6) is 0.632. The molecule has 0 aromatic heterocycles. The molecule has 1 aliphatic heterocycles. The van der Waals surface area contributed by atoms with Gasteiger partial charge in [-0.15, -0.1) is 0 Å². The van der Waals surface area contributed by atoms with E-state index in [9.17, 15) is 0 Å². The van der Waals surface area contributed by atoms with Crippen molar-refractivity contribution in [1.29, 1.82) is 0 Å². The molecule has 0 amide bonds. The van der Waals surface area contributed by atoms with Crippen molar-refractivity contribution in [2.45, 2.75) is 20.8 Å². The first-order valence-electron chi connectivity index (χ1n) is 7.56. The van der Waals surface area contributed by atoms with Crippen LogP contribution in [0.15, 0.2) is 0 Å². The molecule has 0 spiro atoms. The normalized spacial score (nSPS) is 20.5. The van der Waals surface area contributed by atoms with Gasteiger partial charge in [-0.05, 0) is 25.6 Å². The lowest BCUT2D eigenvalue weighted by Crippen LogP contribution is -2.49. The molecule has 108 valence electrons. The Hall–Kier alpha value is -0.160. The van der Waals surface area contributed by atoms with E-state index in [-0.39, 0.29) is 0 Å². The van der Waals surface area contributed by atoms with Crippen molar-refractivity contribution in [1.82, 2.24) is 14.7 Å². The fourth-order valence-corrected chi connectivity index (χ4v) is 2.53. The minimum absolute atomic E-state index is 0.632. The van der Waals surface area contributed by atoms with Gasteiger partial charge in [0.05, 0.1) is 0 Å². The number of nitrogens with zero attached hydrogens (tertiary/aromatic N) is 3. The zero-order chi connectivity index (χ0) is 13.4. The first kappa shape index (κ1) is 15.9. The lowest BCUT2D eigenvalue weighted by Gasteiger charge is -2.36. The zero-order valence-electron chi connectivity index (χ0n) is 12.6. The van der Waals surface area contributed by atoms with Crippen LogP contribution in [0.4, 0.5) is 0 Å². The summed E-state index contributed by atoms with van der Waals surface area (Å²) < 4.78 is 0. The van der Waals surface area contributed by atoms with Crippen molar-refractivity contribution in [3.8, 4) is 0 Å². The molecule has 0 aromatic carbocycles. The van der Waals surface area contributed by atoms with Gasteiger partial charge >= 0.3 is 0 Å². The molecule has 0 aromatic rings. The van der Waals surface area contributed by atoms with Gasteiger partial charge in [-0.1, -0.05) is 20.8 Å². The zero-order valence-corrected chi connectivity index (χ0v) is 12.6. The van der Waals surface area contributed by atoms with E-state index < -0.39 is 0 Å². The van der Waals surface area contributed by atoms with E-state index in [1.807, 2.05) is 0 Å². The fraction of sp³-hybridized carbons (Fsp3) is 1.00. The molecule has 0 aliphatic carbocycles. The maximum Gasteiger partial charge on any atom is 0.0110 e. The summed E-state index contributed by atoms with van der Waals surface area (Å²) in [6.07, 6.45) is 0. The third kappa shape index (κ3) is 5.65. The minimum atomic E-state index is 0.632. The van der Waals surface area contributed by atoms with Gasteiger partial charge in [-0.3, -0.25) is 4.90 Å². The van der Waals surface area contributed by atoms with E-state index in [0.29, 0.717) is 5.92 Å². The van der Waals surface area contributed by atoms with Gasteiger partial charge in [0.15, 0.2) is 0 Å². The topological polar surface area (TPSA) is 35.7 Å². The molecule has 18 heavy (non-hydrogen) atoms. The molecule has 4 heteroatoms. The maximum atomic E-state index is 5.69. The summed E-state index contributed by atoms with van der Waals surface area (Å²) in [5, 5.41) is 0. The van der Waals surface area contributed by atoms with E-state index in [4.69, 9.17) is 5.73 Å². The lowest BCUT2D eigenvalue weighted by atomic mass is 10.1. The molecule has 0 saturated carbocycles. The van der Waals surface area contributed by atoms with Crippen LogP contribution in [0.5, 0.6) is 0 Å². The Labute approximate surface area is 113 Å². The third-order valence-corrected chi connectivity index (χ3v) is 4.06. The van der Waals surface area contributed by atoms with Crippen LogP contribution in [0.25, 0.3) is 0 Å². The molecule has 0 bridgehead atoms. The van der Waals surface area contributed by atoms with Crippen LogP contribution >= 0.6 is 0 Å². The predicted octanol–water partition coefficient (Wildman–Crippen LogP) is 0.541. The monoisotopic (exact) mass is 256 g/mol. The summed E-state index contributed by atoms with van der Waals surface area (Å²) in [6.45, 7) is 18.4. The van der Waals surface area contributed by atoms with E-state index in [1.165, 1.54) is 58.9 Å². The molecule has 1 rings (SSSR count). The van der Waals surface area contributed by atoms with Gasteiger partial charge in [0.1, 0.15) is 0 Å². The van der Waals surface area contributed by atoms with Crippen LogP contribution in [0, 0.1) is 5.92 Å². The highest BCUT2D eigenvalue weighted by Crippen LogP contribution is 2.05. The SMILES string of the molecule is CCN(CC)CCN1CCN(CC(C)CN)CC1. The Morgan fingerprint density at radius 3 is 2.11 bits per heavy atom. The Kier molecular flexibility index (Phi) is 7.82. The highest BCUT2D eigenvalue weighted by Gasteiger charge is 2.18. The summed E-state index contributed by atoms with van der Waals surface area (Å²) in [4.78, 5) is 7.66. The molecule has 1 atom stereocenters. The molecular formula is C14H32N4. The smallest absolute Gasteiger partial charge is 0.0110 e. The summed E-state index contributed by atoms with van der Waals surface area (Å²) in [7, 11) is 0. The van der Waals surface area contributed by atoms with Crippen molar-refractivity contribution in [3.63, 3.8) is 0 Å². The number of hydrogen-bond donors (Lipinski definition) is 1. The van der Waals surface area contributed by atoms with Gasteiger partial charge in [0.2, 0.25) is 0 Å². The van der Waals surface area contributed by atoms with Crippen LogP contribution in [-0.4, -0.2) is 80.1 Å². The number of nitrogens with two attached hydrogens (primary N) is 1. The van der Waals surface area contributed by atoms with Crippen molar-refractivity contribution in [2.24, 2.45) is 11.7 Å². The van der Waals surface area contributed by atoms with E-state index in [0.717, 1.165) is 6.54 Å². The predicted molar refractivity (Wildman–Crippen MR) is 78.9 cm³/mol. The quantitative estimate of drug-likeness (QED) is 0.688. The standard InChI is InChI=1S/C14H32N4/c1-4-16(5-2)6-7-17-8-10-18(11-9-17)13-14(3)12-15/h14H,4-13,15H2,1-3H3. The summed E-state index contributed by atoms with van der Waals surface area (Å²) in [5.41, 5.74) is 5.69. The van der Waals surface area contributed by atoms with Gasteiger partial charge in [0.25, 0.3) is 0 Å². The minimum Gasteiger partial charge on any atom is -0.330 e. The number of likely N-dealkylation sites (N-methyl/N-ethyl adjacent to an activating group) is 1. The molecule has 0 radical (unpaired) electrons. The molecule has 1 unspecified atom stereocenters. The second-order valence-corrected chi connectivity index (χ2v) is 5.51. The van der Waals surface area contributed by atoms with E-state index in [1.54, 1.807) is 0 Å². The molecule has 2 N–H and O–H groups in total. The van der Waals surface area contributed by atoms with Crippen LogP contribution < -0.4 is 5.73 Å². The molecule has 1 saturated heterocycles. The maximum absolute atomic E-state index is 5.69. The first-order chi connectivity index (χ1) is 8.69. The molecule has 1 heterocycles. The van der Waals surface area contributed by atoms with Crippen LogP contribution in [-0.2, 0) is 0 Å². The van der Waals surface area contributed by atoms with Crippen molar-refractivity contribution >= 4 is 0 Å². The largest absolute Gasteiger partial charge is 0.330 e. The fourth-order valence-electron chi connectivity index (χ4n) is 2.53. The third-order valence-electron chi connectivity index (χ3n) is 4.06. The highest BCUT2D eigenvalue weighted by molar-refractivity contribution is 4.74. The molecule has 1 aliphatic rings. The lowest BCUT2D eigenvalue weighted by molar-refractivity contribution is 0.111. The van der Waals surface area contributed by atoms with Crippen molar-refractivity contribution < 1.29 is 0 Å². The Morgan fingerprint density at radius 2 is 1.61 bits per heavy atom. The number of piperazine rings is 1. The van der Waals surface area contributed by atoms with Gasteiger partial charge < -0.3 is 15.5 Å². The van der Waals surface area contributed by atoms with E-state index in [2.05, 4.69) is 35.5 Å². The first-order valence-corrected chi connectivity index (χ1v) is 7.56. The van der Waals surface area contributed by atoms with Crippen molar-refractivity contribution in [3.05, 3.63) is 0 Å². The Bertz CT molecular complexity index is 198. The highest BCUT2D eigenvalue weighted by atomic mass is 15.3. The van der Waals surface area contributed by atoms with Gasteiger partial charge in [-0.2, -0.15) is 0 Å². The Balaban J connectivity index is 2.15. The molecule has 4 nitrogen and oxygen atoms in total. The second kappa shape index (κ2) is 8.86.